The van der Waals surface area contributed by atoms with Crippen LogP contribution in [0.15, 0.2) is 47.1 Å². The van der Waals surface area contributed by atoms with Crippen molar-refractivity contribution in [1.82, 2.24) is 9.78 Å². The quantitative estimate of drug-likeness (QED) is 0.579. The molecule has 3 aromatic rings. The normalized spacial score (nSPS) is 11.5. The summed E-state index contributed by atoms with van der Waals surface area (Å²) in [6.45, 7) is 2.38. The van der Waals surface area contributed by atoms with Crippen LogP contribution in [-0.4, -0.2) is 28.5 Å². The second-order valence-corrected chi connectivity index (χ2v) is 6.62. The molecule has 0 unspecified atom stereocenters. The first kappa shape index (κ1) is 21.4. The second kappa shape index (κ2) is 9.04. The third-order valence-electron chi connectivity index (χ3n) is 4.13. The van der Waals surface area contributed by atoms with Crippen molar-refractivity contribution in [2.75, 3.05) is 11.9 Å². The van der Waals surface area contributed by atoms with Gasteiger partial charge < -0.3 is 19.2 Å². The van der Waals surface area contributed by atoms with Crippen LogP contribution in [0.5, 0.6) is 5.75 Å². The molecule has 7 nitrogen and oxygen atoms in total. The summed E-state index contributed by atoms with van der Waals surface area (Å²) in [5.41, 5.74) is 2.56. The van der Waals surface area contributed by atoms with Crippen molar-refractivity contribution in [2.45, 2.75) is 33.4 Å². The summed E-state index contributed by atoms with van der Waals surface area (Å²) in [6.07, 6.45) is -1.77. The molecule has 0 bridgehead atoms. The van der Waals surface area contributed by atoms with Crippen molar-refractivity contribution in [3.05, 3.63) is 65.4 Å². The summed E-state index contributed by atoms with van der Waals surface area (Å²) in [6, 6.07) is 8.87. The Kier molecular flexibility index (Phi) is 6.46. The molecule has 0 aliphatic rings. The topological polar surface area (TPSA) is 78.5 Å². The largest absolute Gasteiger partial charge is 0.486 e. The number of carbonyl (C=O) groups excluding carboxylic acids is 1. The van der Waals surface area contributed by atoms with Gasteiger partial charge in [-0.25, -0.2) is 4.68 Å². The number of hydrogen-bond acceptors (Lipinski definition) is 5. The van der Waals surface area contributed by atoms with Gasteiger partial charge in [0.2, 0.25) is 0 Å². The Hall–Kier alpha value is -3.27. The zero-order valence-corrected chi connectivity index (χ0v) is 16.3. The number of aromatic nitrogens is 2. The number of alkyl halides is 3. The van der Waals surface area contributed by atoms with Gasteiger partial charge in [-0.3, -0.25) is 4.79 Å². The van der Waals surface area contributed by atoms with E-state index in [0.29, 0.717) is 17.2 Å². The van der Waals surface area contributed by atoms with Crippen molar-refractivity contribution >= 4 is 11.6 Å². The van der Waals surface area contributed by atoms with Crippen LogP contribution in [0.4, 0.5) is 18.9 Å². The van der Waals surface area contributed by atoms with Crippen molar-refractivity contribution in [1.29, 1.82) is 0 Å². The van der Waals surface area contributed by atoms with E-state index in [4.69, 9.17) is 9.15 Å². The van der Waals surface area contributed by atoms with Crippen LogP contribution in [0.25, 0.3) is 0 Å². The summed E-state index contributed by atoms with van der Waals surface area (Å²) in [7, 11) is 0. The Morgan fingerprint density at radius 1 is 1.20 bits per heavy atom. The Labute approximate surface area is 170 Å². The van der Waals surface area contributed by atoms with Crippen LogP contribution in [-0.2, 0) is 18.1 Å². The highest BCUT2D eigenvalue weighted by molar-refractivity contribution is 6.02. The smallest absolute Gasteiger partial charge is 0.411 e. The van der Waals surface area contributed by atoms with Gasteiger partial charge in [-0.05, 0) is 49.2 Å². The lowest BCUT2D eigenvalue weighted by molar-refractivity contribution is -0.182. The minimum Gasteiger partial charge on any atom is -0.486 e. The minimum atomic E-state index is -4.41. The van der Waals surface area contributed by atoms with E-state index in [9.17, 15) is 18.0 Å². The lowest BCUT2D eigenvalue weighted by Gasteiger charge is -2.07. The Balaban J connectivity index is 1.50. The number of hydrogen-bond donors (Lipinski definition) is 1. The van der Waals surface area contributed by atoms with Crippen LogP contribution >= 0.6 is 0 Å². The van der Waals surface area contributed by atoms with Gasteiger partial charge >= 0.3 is 6.18 Å². The molecule has 1 amide bonds. The molecule has 10 heteroatoms. The maximum absolute atomic E-state index is 12.3. The third-order valence-corrected chi connectivity index (χ3v) is 4.13. The van der Waals surface area contributed by atoms with Crippen LogP contribution in [0, 0.1) is 13.8 Å². The lowest BCUT2D eigenvalue weighted by Crippen LogP contribution is -2.18. The molecule has 0 fully saturated rings. The molecule has 2 heterocycles. The van der Waals surface area contributed by atoms with Crippen LogP contribution in [0.1, 0.15) is 27.4 Å². The van der Waals surface area contributed by atoms with Crippen molar-refractivity contribution in [3.63, 3.8) is 0 Å². The summed E-state index contributed by atoms with van der Waals surface area (Å²) in [4.78, 5) is 12.3. The number of amides is 1. The van der Waals surface area contributed by atoms with Crippen molar-refractivity contribution in [2.24, 2.45) is 0 Å². The highest BCUT2D eigenvalue weighted by Crippen LogP contribution is 2.19. The zero-order valence-electron chi connectivity index (χ0n) is 16.3. The maximum Gasteiger partial charge on any atom is 0.411 e. The van der Waals surface area contributed by atoms with Crippen molar-refractivity contribution in [3.8, 4) is 5.75 Å². The van der Waals surface area contributed by atoms with Gasteiger partial charge in [0.05, 0.1) is 18.1 Å². The molecule has 2 aromatic heterocycles. The van der Waals surface area contributed by atoms with Crippen LogP contribution in [0.3, 0.4) is 0 Å². The molecule has 30 heavy (non-hydrogen) atoms. The predicted molar refractivity (Wildman–Crippen MR) is 101 cm³/mol. The Morgan fingerprint density at radius 3 is 2.73 bits per heavy atom. The Morgan fingerprint density at radius 2 is 2.00 bits per heavy atom. The van der Waals surface area contributed by atoms with E-state index < -0.39 is 25.4 Å². The summed E-state index contributed by atoms with van der Waals surface area (Å²) in [5, 5.41) is 6.37. The fraction of sp³-hybridized carbons (Fsp3) is 0.300. The van der Waals surface area contributed by atoms with Crippen LogP contribution < -0.4 is 10.1 Å². The van der Waals surface area contributed by atoms with Gasteiger partial charge in [-0.15, -0.1) is 0 Å². The number of rotatable bonds is 8. The SMILES string of the molecule is Cc1ccc(OCc2ccc(C(=O)Nc3cnn(COCC(F)(F)F)c3)o2)cc1C. The van der Waals surface area contributed by atoms with Gasteiger partial charge in [0.25, 0.3) is 5.91 Å². The first-order valence-corrected chi connectivity index (χ1v) is 8.97. The number of benzene rings is 1. The van der Waals surface area contributed by atoms with E-state index in [1.54, 1.807) is 6.07 Å². The van der Waals surface area contributed by atoms with E-state index in [-0.39, 0.29) is 12.4 Å². The summed E-state index contributed by atoms with van der Waals surface area (Å²) in [5.74, 6) is 0.702. The fourth-order valence-corrected chi connectivity index (χ4v) is 2.48. The number of ether oxygens (including phenoxy) is 2. The highest BCUT2D eigenvalue weighted by Gasteiger charge is 2.27. The van der Waals surface area contributed by atoms with Gasteiger partial charge in [0.15, 0.2) is 5.76 Å². The average molecular weight is 423 g/mol. The number of carbonyl (C=O) groups is 1. The van der Waals surface area contributed by atoms with Crippen LogP contribution in [0.2, 0.25) is 0 Å². The number of nitrogens with one attached hydrogen (secondary N) is 1. The molecular formula is C20H20F3N3O4. The molecule has 1 aromatic carbocycles. The molecule has 0 saturated heterocycles. The monoisotopic (exact) mass is 423 g/mol. The summed E-state index contributed by atoms with van der Waals surface area (Å²) < 4.78 is 53.0. The maximum atomic E-state index is 12.3. The third kappa shape index (κ3) is 6.11. The highest BCUT2D eigenvalue weighted by atomic mass is 19.4. The molecule has 0 aliphatic carbocycles. The van der Waals surface area contributed by atoms with Gasteiger partial charge in [-0.1, -0.05) is 6.07 Å². The minimum absolute atomic E-state index is 0.0646. The molecule has 0 spiro atoms. The number of halogens is 3. The predicted octanol–water partition coefficient (Wildman–Crippen LogP) is 4.46. The first-order valence-electron chi connectivity index (χ1n) is 8.97. The standard InChI is InChI=1S/C20H20F3N3O4/c1-13-3-4-16(7-14(13)2)29-10-17-5-6-18(30-17)19(27)25-15-8-24-26(9-15)12-28-11-20(21,22)23/h3-9H,10-12H2,1-2H3,(H,25,27). The molecule has 0 saturated carbocycles. The molecule has 0 aliphatic heterocycles. The number of aryl methyl sites for hydroxylation is 2. The fourth-order valence-electron chi connectivity index (χ4n) is 2.48. The molecular weight excluding hydrogens is 403 g/mol. The zero-order chi connectivity index (χ0) is 21.7. The first-order chi connectivity index (χ1) is 14.2. The van der Waals surface area contributed by atoms with E-state index in [1.807, 2.05) is 32.0 Å². The number of furan rings is 1. The molecule has 1 N–H and O–H groups in total. The average Bonchev–Trinajstić information content (AvgIpc) is 3.31. The molecule has 3 rings (SSSR count). The lowest BCUT2D eigenvalue weighted by atomic mass is 10.1. The molecule has 160 valence electrons. The second-order valence-electron chi connectivity index (χ2n) is 6.62. The van der Waals surface area contributed by atoms with E-state index in [0.717, 1.165) is 15.8 Å². The van der Waals surface area contributed by atoms with Gasteiger partial charge in [-0.2, -0.15) is 18.3 Å². The van der Waals surface area contributed by atoms with E-state index in [1.165, 1.54) is 18.5 Å². The van der Waals surface area contributed by atoms with E-state index >= 15 is 0 Å². The van der Waals surface area contributed by atoms with Crippen molar-refractivity contribution < 1.29 is 31.9 Å². The Bertz CT molecular complexity index is 1010. The van der Waals surface area contributed by atoms with Gasteiger partial charge in [0.1, 0.15) is 31.5 Å². The van der Waals surface area contributed by atoms with E-state index in [2.05, 4.69) is 15.2 Å². The molecule has 0 atom stereocenters. The number of nitrogens with zero attached hydrogens (tertiary/aromatic N) is 2. The van der Waals surface area contributed by atoms with Gasteiger partial charge in [0, 0.05) is 0 Å². The summed E-state index contributed by atoms with van der Waals surface area (Å²) >= 11 is 0. The molecule has 0 radical (unpaired) electrons. The number of anilines is 1.